The van der Waals surface area contributed by atoms with Crippen molar-refractivity contribution in [1.82, 2.24) is 4.98 Å². The molecule has 1 saturated carbocycles. The Morgan fingerprint density at radius 1 is 1.50 bits per heavy atom. The number of fused-ring (bicyclic) bond motifs is 2. The molecule has 1 aromatic rings. The van der Waals surface area contributed by atoms with E-state index in [1.54, 1.807) is 12.1 Å². The maximum absolute atomic E-state index is 11.2. The van der Waals surface area contributed by atoms with Gasteiger partial charge in [0.2, 0.25) is 5.82 Å². The number of pyridine rings is 1. The van der Waals surface area contributed by atoms with Crippen molar-refractivity contribution in [2.45, 2.75) is 38.6 Å². The zero-order valence-corrected chi connectivity index (χ0v) is 11.7. The van der Waals surface area contributed by atoms with E-state index in [0.29, 0.717) is 17.8 Å². The predicted octanol–water partition coefficient (Wildman–Crippen LogP) is 2.80. The minimum absolute atomic E-state index is 0.125. The molecular weight excluding hydrogens is 256 g/mol. The Kier molecular flexibility index (Phi) is 3.46. The third kappa shape index (κ3) is 2.30. The first kappa shape index (κ1) is 13.1. The highest BCUT2D eigenvalue weighted by Gasteiger charge is 2.40. The molecule has 0 spiro atoms. The van der Waals surface area contributed by atoms with Crippen LogP contribution in [0.25, 0.3) is 0 Å². The number of nitrogens with one attached hydrogen (secondary N) is 1. The average molecular weight is 276 g/mol. The van der Waals surface area contributed by atoms with Crippen molar-refractivity contribution in [3.63, 3.8) is 0 Å². The monoisotopic (exact) mass is 276 g/mol. The zero-order chi connectivity index (χ0) is 14.1. The van der Waals surface area contributed by atoms with Crippen LogP contribution in [0.1, 0.15) is 32.6 Å². The van der Waals surface area contributed by atoms with Gasteiger partial charge in [0.05, 0.1) is 4.92 Å². The van der Waals surface area contributed by atoms with Crippen molar-refractivity contribution in [2.75, 3.05) is 23.3 Å². The molecule has 2 atom stereocenters. The van der Waals surface area contributed by atoms with E-state index >= 15 is 0 Å². The summed E-state index contributed by atoms with van der Waals surface area (Å²) >= 11 is 0. The fourth-order valence-electron chi connectivity index (χ4n) is 3.33. The Bertz CT molecular complexity index is 520. The third-order valence-electron chi connectivity index (χ3n) is 4.29. The Hall–Kier alpha value is -1.85. The van der Waals surface area contributed by atoms with Crippen LogP contribution in [-0.2, 0) is 0 Å². The second kappa shape index (κ2) is 5.26. The number of aromatic nitrogens is 1. The number of anilines is 2. The molecule has 0 aromatic carbocycles. The summed E-state index contributed by atoms with van der Waals surface area (Å²) in [6.45, 7) is 3.82. The van der Waals surface area contributed by atoms with Gasteiger partial charge in [-0.2, -0.15) is 0 Å². The van der Waals surface area contributed by atoms with Crippen LogP contribution >= 0.6 is 0 Å². The normalized spacial score (nSPS) is 24.1. The maximum Gasteiger partial charge on any atom is 0.311 e. The van der Waals surface area contributed by atoms with Crippen LogP contribution in [0.2, 0.25) is 0 Å². The van der Waals surface area contributed by atoms with Crippen LogP contribution in [0, 0.1) is 16.0 Å². The summed E-state index contributed by atoms with van der Waals surface area (Å²) in [6.07, 6.45) is 4.55. The Morgan fingerprint density at radius 2 is 2.35 bits per heavy atom. The molecule has 6 heteroatoms. The quantitative estimate of drug-likeness (QED) is 0.661. The average Bonchev–Trinajstić information content (AvgIpc) is 3.07. The van der Waals surface area contributed by atoms with Gasteiger partial charge in [0.1, 0.15) is 5.82 Å². The number of hydrogen-bond acceptors (Lipinski definition) is 5. The first-order valence-corrected chi connectivity index (χ1v) is 7.35. The van der Waals surface area contributed by atoms with Crippen LogP contribution in [0.5, 0.6) is 0 Å². The maximum atomic E-state index is 11.2. The molecule has 1 aliphatic carbocycles. The lowest BCUT2D eigenvalue weighted by atomic mass is 10.1. The van der Waals surface area contributed by atoms with E-state index in [-0.39, 0.29) is 10.6 Å². The van der Waals surface area contributed by atoms with Crippen LogP contribution < -0.4 is 10.2 Å². The highest BCUT2D eigenvalue weighted by Crippen LogP contribution is 2.42. The number of piperidine rings is 1. The summed E-state index contributed by atoms with van der Waals surface area (Å²) in [6, 6.07) is 3.71. The summed E-state index contributed by atoms with van der Waals surface area (Å²) in [5.41, 5.74) is 0.125. The van der Waals surface area contributed by atoms with E-state index in [1.807, 2.05) is 0 Å². The van der Waals surface area contributed by atoms with Gasteiger partial charge in [0.25, 0.3) is 0 Å². The summed E-state index contributed by atoms with van der Waals surface area (Å²) in [7, 11) is 0. The second-order valence-electron chi connectivity index (χ2n) is 5.71. The summed E-state index contributed by atoms with van der Waals surface area (Å²) in [4.78, 5) is 17.6. The van der Waals surface area contributed by atoms with Crippen molar-refractivity contribution in [3.05, 3.63) is 22.2 Å². The molecule has 108 valence electrons. The highest BCUT2D eigenvalue weighted by molar-refractivity contribution is 5.63. The molecule has 2 unspecified atom stereocenters. The van der Waals surface area contributed by atoms with Gasteiger partial charge in [0.15, 0.2) is 0 Å². The highest BCUT2D eigenvalue weighted by atomic mass is 16.6. The molecule has 1 aromatic heterocycles. The third-order valence-corrected chi connectivity index (χ3v) is 4.29. The van der Waals surface area contributed by atoms with Gasteiger partial charge in [-0.3, -0.25) is 10.1 Å². The van der Waals surface area contributed by atoms with Gasteiger partial charge in [-0.05, 0) is 37.7 Å². The van der Waals surface area contributed by atoms with Crippen molar-refractivity contribution >= 4 is 17.3 Å². The Labute approximate surface area is 118 Å². The van der Waals surface area contributed by atoms with Crippen LogP contribution in [0.3, 0.4) is 0 Å². The van der Waals surface area contributed by atoms with Crippen molar-refractivity contribution in [2.24, 2.45) is 5.92 Å². The Morgan fingerprint density at radius 3 is 2.95 bits per heavy atom. The minimum atomic E-state index is -0.322. The van der Waals surface area contributed by atoms with Crippen LogP contribution in [0.15, 0.2) is 12.1 Å². The largest absolute Gasteiger partial charge is 0.370 e. The standard InChI is InChI=1S/C14H20N4O2/c1-2-7-15-13-6-5-12(18(19)20)14(16-13)17-9-10-3-4-11(17)8-10/h5-6,10-11H,2-4,7-9H2,1H3,(H,15,16). The topological polar surface area (TPSA) is 71.3 Å². The Balaban J connectivity index is 1.91. The molecule has 2 heterocycles. The second-order valence-corrected chi connectivity index (χ2v) is 5.71. The van der Waals surface area contributed by atoms with E-state index in [9.17, 15) is 10.1 Å². The molecular formula is C14H20N4O2. The summed E-state index contributed by atoms with van der Waals surface area (Å²) in [5.74, 6) is 1.96. The number of rotatable bonds is 5. The van der Waals surface area contributed by atoms with E-state index in [0.717, 1.165) is 38.2 Å². The molecule has 1 saturated heterocycles. The zero-order valence-electron chi connectivity index (χ0n) is 11.7. The van der Waals surface area contributed by atoms with Gasteiger partial charge >= 0.3 is 5.69 Å². The van der Waals surface area contributed by atoms with Crippen molar-refractivity contribution < 1.29 is 4.92 Å². The van der Waals surface area contributed by atoms with Crippen molar-refractivity contribution in [3.8, 4) is 0 Å². The van der Waals surface area contributed by atoms with E-state index in [1.165, 1.54) is 6.42 Å². The lowest BCUT2D eigenvalue weighted by Crippen LogP contribution is -2.33. The molecule has 20 heavy (non-hydrogen) atoms. The van der Waals surface area contributed by atoms with Crippen molar-refractivity contribution in [1.29, 1.82) is 0 Å². The van der Waals surface area contributed by atoms with Gasteiger partial charge < -0.3 is 10.2 Å². The smallest absolute Gasteiger partial charge is 0.311 e. The fourth-order valence-corrected chi connectivity index (χ4v) is 3.33. The van der Waals surface area contributed by atoms with Crippen LogP contribution in [0.4, 0.5) is 17.3 Å². The lowest BCUT2D eigenvalue weighted by molar-refractivity contribution is -0.384. The molecule has 1 aliphatic heterocycles. The number of nitro groups is 1. The molecule has 2 fully saturated rings. The first-order valence-electron chi connectivity index (χ1n) is 7.35. The van der Waals surface area contributed by atoms with E-state index in [4.69, 9.17) is 0 Å². The molecule has 1 N–H and O–H groups in total. The molecule has 0 amide bonds. The molecule has 0 radical (unpaired) electrons. The summed E-state index contributed by atoms with van der Waals surface area (Å²) < 4.78 is 0. The molecule has 6 nitrogen and oxygen atoms in total. The number of hydrogen-bond donors (Lipinski definition) is 1. The first-order chi connectivity index (χ1) is 9.69. The van der Waals surface area contributed by atoms with Crippen LogP contribution in [-0.4, -0.2) is 29.0 Å². The van der Waals surface area contributed by atoms with Gasteiger partial charge in [-0.1, -0.05) is 6.92 Å². The predicted molar refractivity (Wildman–Crippen MR) is 78.1 cm³/mol. The lowest BCUT2D eigenvalue weighted by Gasteiger charge is -2.27. The summed E-state index contributed by atoms with van der Waals surface area (Å²) in [5, 5.41) is 14.4. The molecule has 2 aliphatic rings. The van der Waals surface area contributed by atoms with E-state index in [2.05, 4.69) is 22.1 Å². The van der Waals surface area contributed by atoms with E-state index < -0.39 is 0 Å². The number of nitrogens with zero attached hydrogens (tertiary/aromatic N) is 3. The molecule has 2 bridgehead atoms. The van der Waals surface area contributed by atoms with Gasteiger partial charge in [0, 0.05) is 25.2 Å². The fraction of sp³-hybridized carbons (Fsp3) is 0.643. The van der Waals surface area contributed by atoms with Gasteiger partial charge in [-0.15, -0.1) is 0 Å². The SMILES string of the molecule is CCCNc1ccc([N+](=O)[O-])c(N2CC3CCC2C3)n1. The molecule has 3 rings (SSSR count). The minimum Gasteiger partial charge on any atom is -0.370 e. The van der Waals surface area contributed by atoms with Gasteiger partial charge in [-0.25, -0.2) is 4.98 Å².